The Morgan fingerprint density at radius 1 is 1.42 bits per heavy atom. The zero-order valence-corrected chi connectivity index (χ0v) is 14.3. The number of carbonyl (C=O) groups excluding carboxylic acids is 2. The van der Waals surface area contributed by atoms with Gasteiger partial charge >= 0.3 is 0 Å². The van der Waals surface area contributed by atoms with Gasteiger partial charge < -0.3 is 28.8 Å². The number of rotatable bonds is 7. The summed E-state index contributed by atoms with van der Waals surface area (Å²) in [7, 11) is 0. The van der Waals surface area contributed by atoms with Crippen molar-refractivity contribution < 1.29 is 28.3 Å². The molecular weight excluding hydrogens is 340 g/mol. The molecule has 1 amide bonds. The predicted octanol–water partition coefficient (Wildman–Crippen LogP) is 1.91. The fourth-order valence-electron chi connectivity index (χ4n) is 2.55. The van der Waals surface area contributed by atoms with Crippen molar-refractivity contribution in [2.45, 2.75) is 26.5 Å². The van der Waals surface area contributed by atoms with Crippen LogP contribution in [-0.4, -0.2) is 34.9 Å². The van der Waals surface area contributed by atoms with E-state index in [9.17, 15) is 9.59 Å². The Bertz CT molecular complexity index is 942. The molecule has 0 spiro atoms. The fourth-order valence-corrected chi connectivity index (χ4v) is 2.55. The van der Waals surface area contributed by atoms with Crippen molar-refractivity contribution >= 4 is 23.2 Å². The van der Waals surface area contributed by atoms with Gasteiger partial charge in [-0.2, -0.15) is 0 Å². The number of aryl methyl sites for hydroxylation is 2. The quantitative estimate of drug-likeness (QED) is 0.620. The molecule has 8 nitrogen and oxygen atoms in total. The Morgan fingerprint density at radius 2 is 2.23 bits per heavy atom. The zero-order valence-electron chi connectivity index (χ0n) is 14.3. The van der Waals surface area contributed by atoms with E-state index in [2.05, 4.69) is 10.3 Å². The number of furan rings is 1. The number of oxazole rings is 1. The summed E-state index contributed by atoms with van der Waals surface area (Å²) in [6.07, 6.45) is 1.83. The third-order valence-corrected chi connectivity index (χ3v) is 3.95. The molecular formula is C18H18N2O6. The first-order valence-corrected chi connectivity index (χ1v) is 7.95. The van der Waals surface area contributed by atoms with Crippen LogP contribution >= 0.6 is 0 Å². The lowest BCUT2D eigenvalue weighted by Gasteiger charge is -2.09. The number of ether oxygens (including phenoxy) is 1. The summed E-state index contributed by atoms with van der Waals surface area (Å²) in [5.41, 5.74) is 1.55. The summed E-state index contributed by atoms with van der Waals surface area (Å²) >= 11 is 0. The summed E-state index contributed by atoms with van der Waals surface area (Å²) in [6, 6.07) is 4.13. The highest BCUT2D eigenvalue weighted by molar-refractivity contribution is 6.08. The number of nitrogens with zero attached hydrogens (tertiary/aromatic N) is 1. The van der Waals surface area contributed by atoms with E-state index in [1.54, 1.807) is 25.1 Å². The molecule has 0 bridgehead atoms. The van der Waals surface area contributed by atoms with E-state index in [-0.39, 0.29) is 6.61 Å². The van der Waals surface area contributed by atoms with Crippen LogP contribution in [0.1, 0.15) is 27.6 Å². The highest BCUT2D eigenvalue weighted by Crippen LogP contribution is 2.29. The van der Waals surface area contributed by atoms with Gasteiger partial charge in [0.15, 0.2) is 12.2 Å². The molecule has 2 heterocycles. The minimum absolute atomic E-state index is 0.202. The first-order valence-electron chi connectivity index (χ1n) is 7.95. The smallest absolute Gasteiger partial charge is 0.256 e. The molecule has 1 unspecified atom stereocenters. The molecule has 8 heteroatoms. The number of hydrogen-bond donors (Lipinski definition) is 2. The number of carbonyl (C=O) groups is 2. The van der Waals surface area contributed by atoms with Gasteiger partial charge in [0.05, 0.1) is 17.9 Å². The van der Waals surface area contributed by atoms with Gasteiger partial charge in [-0.1, -0.05) is 0 Å². The molecule has 26 heavy (non-hydrogen) atoms. The number of aromatic nitrogens is 1. The lowest BCUT2D eigenvalue weighted by molar-refractivity contribution is -0.110. The summed E-state index contributed by atoms with van der Waals surface area (Å²) < 4.78 is 16.5. The van der Waals surface area contributed by atoms with Gasteiger partial charge in [-0.25, -0.2) is 4.98 Å². The van der Waals surface area contributed by atoms with Crippen LogP contribution in [0.3, 0.4) is 0 Å². The summed E-state index contributed by atoms with van der Waals surface area (Å²) in [5, 5.41) is 12.1. The Labute approximate surface area is 148 Å². The minimum atomic E-state index is -0.972. The number of benzene rings is 1. The molecule has 0 aliphatic heterocycles. The van der Waals surface area contributed by atoms with Gasteiger partial charge in [-0.05, 0) is 32.0 Å². The van der Waals surface area contributed by atoms with Crippen molar-refractivity contribution in [3.05, 3.63) is 47.4 Å². The normalized spacial score (nSPS) is 12.1. The van der Waals surface area contributed by atoms with E-state index in [1.165, 1.54) is 6.39 Å². The summed E-state index contributed by atoms with van der Waals surface area (Å²) in [6.45, 7) is 3.20. The van der Waals surface area contributed by atoms with E-state index < -0.39 is 18.6 Å². The topological polar surface area (TPSA) is 115 Å². The Hall–Kier alpha value is -3.13. The van der Waals surface area contributed by atoms with Gasteiger partial charge in [-0.15, -0.1) is 0 Å². The Kier molecular flexibility index (Phi) is 5.04. The standard InChI is InChI=1S/C18H18N2O6/c1-10-16(25-9-19-10)8-24-13-3-4-15-14(5-13)17(11(2)26-15)18(23)20-12(6-21)7-22/h3-6,9,12,22H,7-8H2,1-2H3,(H,20,23). The van der Waals surface area contributed by atoms with Crippen LogP contribution < -0.4 is 10.1 Å². The number of fused-ring (bicyclic) bond motifs is 1. The molecule has 0 saturated heterocycles. The maximum absolute atomic E-state index is 12.5. The second kappa shape index (κ2) is 7.40. The molecule has 2 aromatic heterocycles. The zero-order chi connectivity index (χ0) is 18.7. The van der Waals surface area contributed by atoms with Crippen molar-refractivity contribution in [3.8, 4) is 5.75 Å². The average molecular weight is 358 g/mol. The van der Waals surface area contributed by atoms with Crippen LogP contribution in [0.5, 0.6) is 5.75 Å². The molecule has 0 fully saturated rings. The molecule has 1 aromatic carbocycles. The Morgan fingerprint density at radius 3 is 2.88 bits per heavy atom. The van der Waals surface area contributed by atoms with Crippen LogP contribution in [0.25, 0.3) is 11.0 Å². The average Bonchev–Trinajstić information content (AvgIpc) is 3.19. The summed E-state index contributed by atoms with van der Waals surface area (Å²) in [4.78, 5) is 27.3. The van der Waals surface area contributed by atoms with Gasteiger partial charge in [0.1, 0.15) is 36.0 Å². The van der Waals surface area contributed by atoms with Crippen LogP contribution in [0, 0.1) is 13.8 Å². The van der Waals surface area contributed by atoms with Crippen molar-refractivity contribution in [1.82, 2.24) is 10.3 Å². The minimum Gasteiger partial charge on any atom is -0.486 e. The second-order valence-electron chi connectivity index (χ2n) is 5.74. The predicted molar refractivity (Wildman–Crippen MR) is 90.9 cm³/mol. The Balaban J connectivity index is 1.87. The van der Waals surface area contributed by atoms with Crippen molar-refractivity contribution in [2.75, 3.05) is 6.61 Å². The van der Waals surface area contributed by atoms with Crippen LogP contribution in [0.4, 0.5) is 0 Å². The van der Waals surface area contributed by atoms with Gasteiger partial charge in [0.2, 0.25) is 0 Å². The van der Waals surface area contributed by atoms with Crippen LogP contribution in [0.15, 0.2) is 33.4 Å². The number of hydrogen-bond acceptors (Lipinski definition) is 7. The highest BCUT2D eigenvalue weighted by atomic mass is 16.5. The molecule has 0 aliphatic carbocycles. The molecule has 0 saturated carbocycles. The number of aliphatic hydroxyl groups is 1. The second-order valence-corrected chi connectivity index (χ2v) is 5.74. The molecule has 2 N–H and O–H groups in total. The van der Waals surface area contributed by atoms with Crippen molar-refractivity contribution in [3.63, 3.8) is 0 Å². The summed E-state index contributed by atoms with van der Waals surface area (Å²) in [5.74, 6) is 1.04. The third kappa shape index (κ3) is 3.45. The number of amides is 1. The third-order valence-electron chi connectivity index (χ3n) is 3.95. The molecule has 1 atom stereocenters. The molecule has 0 aliphatic rings. The number of aliphatic hydroxyl groups excluding tert-OH is 1. The van der Waals surface area contributed by atoms with Crippen LogP contribution in [-0.2, 0) is 11.4 Å². The van der Waals surface area contributed by atoms with Crippen LogP contribution in [0.2, 0.25) is 0 Å². The lowest BCUT2D eigenvalue weighted by Crippen LogP contribution is -2.38. The highest BCUT2D eigenvalue weighted by Gasteiger charge is 2.21. The van der Waals surface area contributed by atoms with E-state index >= 15 is 0 Å². The first kappa shape index (κ1) is 17.7. The van der Waals surface area contributed by atoms with E-state index in [4.69, 9.17) is 18.7 Å². The number of aldehydes is 1. The maximum atomic E-state index is 12.5. The molecule has 136 valence electrons. The van der Waals surface area contributed by atoms with Crippen molar-refractivity contribution in [1.29, 1.82) is 0 Å². The number of nitrogens with one attached hydrogen (secondary N) is 1. The lowest BCUT2D eigenvalue weighted by atomic mass is 10.1. The molecule has 3 aromatic rings. The first-order chi connectivity index (χ1) is 12.5. The maximum Gasteiger partial charge on any atom is 0.256 e. The SMILES string of the molecule is Cc1ncoc1COc1ccc2oc(C)c(C(=O)NC(C=O)CO)c2c1. The largest absolute Gasteiger partial charge is 0.486 e. The van der Waals surface area contributed by atoms with E-state index in [0.29, 0.717) is 40.1 Å². The van der Waals surface area contributed by atoms with Gasteiger partial charge in [-0.3, -0.25) is 4.79 Å². The molecule has 0 radical (unpaired) electrons. The van der Waals surface area contributed by atoms with Gasteiger partial charge in [0.25, 0.3) is 5.91 Å². The molecule has 3 rings (SSSR count). The van der Waals surface area contributed by atoms with Gasteiger partial charge in [0, 0.05) is 5.39 Å². The van der Waals surface area contributed by atoms with E-state index in [0.717, 1.165) is 5.69 Å². The van der Waals surface area contributed by atoms with Crippen molar-refractivity contribution in [2.24, 2.45) is 0 Å². The fraction of sp³-hybridized carbons (Fsp3) is 0.278. The monoisotopic (exact) mass is 358 g/mol. The van der Waals surface area contributed by atoms with E-state index in [1.807, 2.05) is 6.92 Å².